The maximum absolute atomic E-state index is 13.4. The Bertz CT molecular complexity index is 2220. The van der Waals surface area contributed by atoms with E-state index in [-0.39, 0.29) is 55.7 Å². The minimum atomic E-state index is -0.225. The second-order valence-corrected chi connectivity index (χ2v) is 18.7. The Morgan fingerprint density at radius 1 is 0.607 bits per heavy atom. The third-order valence-electron chi connectivity index (χ3n) is 10.6. The number of likely N-dealkylation sites (tertiary alicyclic amines) is 2. The van der Waals surface area contributed by atoms with Crippen molar-refractivity contribution in [3.05, 3.63) is 113 Å². The lowest BCUT2D eigenvalue weighted by Gasteiger charge is -2.30. The van der Waals surface area contributed by atoms with Crippen LogP contribution in [-0.4, -0.2) is 72.9 Å². The number of halogens is 6. The third kappa shape index (κ3) is 11.3. The minimum Gasteiger partial charge on any atom is -0.466 e. The van der Waals surface area contributed by atoms with Gasteiger partial charge in [-0.1, -0.05) is 126 Å². The number of hydrogen-bond donors (Lipinski definition) is 0. The van der Waals surface area contributed by atoms with Gasteiger partial charge in [-0.15, -0.1) is 0 Å². The fraction of sp³-hybridized carbons (Fsp3) is 0.304. The Balaban J connectivity index is 1.33. The minimum absolute atomic E-state index is 0.207. The summed E-state index contributed by atoms with van der Waals surface area (Å²) >= 11 is 37.1. The lowest BCUT2D eigenvalue weighted by molar-refractivity contribution is -0.151. The molecule has 0 spiro atoms. The Labute approximate surface area is 397 Å². The van der Waals surface area contributed by atoms with Crippen LogP contribution in [0.3, 0.4) is 0 Å². The lowest BCUT2D eigenvalue weighted by atomic mass is 9.96. The van der Waals surface area contributed by atoms with Gasteiger partial charge in [-0.2, -0.15) is 0 Å². The van der Waals surface area contributed by atoms with Crippen LogP contribution in [0, 0.1) is 11.8 Å². The SMILES string of the molecule is CCOC(=O)C1CCN(C(=O)/C=C/c2c(-c3ccccc3Br)cc(Sc3cc(-c4ccccc4Br)c(/C=C/C(=O)N4CCC(C(=O)OCC)CC4)c(Cl)c3Cl)c(Cl)c2Cl)CC1. The number of esters is 2. The molecule has 0 saturated carbocycles. The number of carbonyl (C=O) groups is 4. The monoisotopic (exact) mass is 1050 g/mol. The number of piperidine rings is 2. The summed E-state index contributed by atoms with van der Waals surface area (Å²) in [5, 5.41) is 0.974. The number of carbonyl (C=O) groups excluding carboxylic acids is 4. The van der Waals surface area contributed by atoms with E-state index >= 15 is 0 Å². The molecule has 15 heteroatoms. The molecule has 0 N–H and O–H groups in total. The smallest absolute Gasteiger partial charge is 0.309 e. The van der Waals surface area contributed by atoms with Crippen LogP contribution < -0.4 is 0 Å². The summed E-state index contributed by atoms with van der Waals surface area (Å²) in [4.78, 5) is 56.0. The topological polar surface area (TPSA) is 93.2 Å². The summed E-state index contributed by atoms with van der Waals surface area (Å²) in [6, 6.07) is 19.2. The van der Waals surface area contributed by atoms with Crippen LogP contribution in [0.4, 0.5) is 0 Å². The number of nitrogens with zero attached hydrogens (tertiary/aromatic N) is 2. The first-order valence-corrected chi connectivity index (χ1v) is 23.7. The van der Waals surface area contributed by atoms with E-state index in [0.29, 0.717) is 97.1 Å². The molecule has 0 radical (unpaired) electrons. The van der Waals surface area contributed by atoms with Crippen molar-refractivity contribution in [2.45, 2.75) is 49.3 Å². The Morgan fingerprint density at radius 2 is 0.967 bits per heavy atom. The third-order valence-corrected chi connectivity index (χ3v) is 15.1. The van der Waals surface area contributed by atoms with Gasteiger partial charge >= 0.3 is 11.9 Å². The number of rotatable bonds is 12. The molecular formula is C46H42Br2Cl4N2O6S. The summed E-state index contributed by atoms with van der Waals surface area (Å²) in [6.07, 6.45) is 8.45. The fourth-order valence-electron chi connectivity index (χ4n) is 7.34. The van der Waals surface area contributed by atoms with Gasteiger partial charge in [0, 0.05) is 68.2 Å². The van der Waals surface area contributed by atoms with Crippen LogP contribution in [0.15, 0.2) is 91.6 Å². The van der Waals surface area contributed by atoms with Gasteiger partial charge < -0.3 is 19.3 Å². The first-order valence-electron chi connectivity index (χ1n) is 19.8. The Kier molecular flexibility index (Phi) is 16.9. The molecule has 0 bridgehead atoms. The average molecular weight is 1050 g/mol. The largest absolute Gasteiger partial charge is 0.466 e. The van der Waals surface area contributed by atoms with Gasteiger partial charge in [0.2, 0.25) is 11.8 Å². The molecule has 2 amide bonds. The second-order valence-electron chi connectivity index (χ2n) is 14.4. The molecule has 8 nitrogen and oxygen atoms in total. The van der Waals surface area contributed by atoms with Crippen LogP contribution in [0.1, 0.15) is 50.7 Å². The predicted octanol–water partition coefficient (Wildman–Crippen LogP) is 12.9. The molecule has 61 heavy (non-hydrogen) atoms. The summed E-state index contributed by atoms with van der Waals surface area (Å²) < 4.78 is 12.0. The molecule has 4 aromatic rings. The normalized spacial score (nSPS) is 15.1. The summed E-state index contributed by atoms with van der Waals surface area (Å²) in [5.41, 5.74) is 4.16. The van der Waals surface area contributed by atoms with Gasteiger partial charge in [0.25, 0.3) is 0 Å². The molecule has 320 valence electrons. The van der Waals surface area contributed by atoms with Crippen molar-refractivity contribution in [2.24, 2.45) is 11.8 Å². The van der Waals surface area contributed by atoms with Gasteiger partial charge in [-0.05, 0) is 98.2 Å². The van der Waals surface area contributed by atoms with Crippen LogP contribution in [-0.2, 0) is 28.7 Å². The zero-order valence-electron chi connectivity index (χ0n) is 33.3. The molecule has 2 aliphatic rings. The van der Waals surface area contributed by atoms with Crippen molar-refractivity contribution in [3.63, 3.8) is 0 Å². The van der Waals surface area contributed by atoms with Crippen LogP contribution in [0.25, 0.3) is 34.4 Å². The lowest BCUT2D eigenvalue weighted by Crippen LogP contribution is -2.39. The van der Waals surface area contributed by atoms with Crippen LogP contribution in [0.2, 0.25) is 20.1 Å². The van der Waals surface area contributed by atoms with Crippen molar-refractivity contribution >= 4 is 126 Å². The molecule has 6 rings (SSSR count). The Morgan fingerprint density at radius 3 is 1.31 bits per heavy atom. The van der Waals surface area contributed by atoms with Crippen molar-refractivity contribution in [3.8, 4) is 22.3 Å². The summed E-state index contributed by atoms with van der Waals surface area (Å²) in [6.45, 7) is 5.94. The van der Waals surface area contributed by atoms with E-state index in [9.17, 15) is 19.2 Å². The highest BCUT2D eigenvalue weighted by atomic mass is 79.9. The quantitative estimate of drug-likeness (QED) is 0.103. The molecule has 4 aromatic carbocycles. The molecule has 0 unspecified atom stereocenters. The van der Waals surface area contributed by atoms with E-state index in [1.54, 1.807) is 35.8 Å². The van der Waals surface area contributed by atoms with Gasteiger partial charge in [0.05, 0.1) is 45.1 Å². The maximum atomic E-state index is 13.4. The number of amides is 2. The van der Waals surface area contributed by atoms with Gasteiger partial charge in [0.15, 0.2) is 0 Å². The predicted molar refractivity (Wildman–Crippen MR) is 253 cm³/mol. The zero-order chi connectivity index (χ0) is 43.8. The van der Waals surface area contributed by atoms with Crippen LogP contribution in [0.5, 0.6) is 0 Å². The molecule has 2 saturated heterocycles. The zero-order valence-corrected chi connectivity index (χ0v) is 40.3. The molecule has 0 atom stereocenters. The number of benzene rings is 4. The molecule has 0 aromatic heterocycles. The maximum Gasteiger partial charge on any atom is 0.309 e. The van der Waals surface area contributed by atoms with Gasteiger partial charge in [0.1, 0.15) is 0 Å². The van der Waals surface area contributed by atoms with Crippen molar-refractivity contribution in [2.75, 3.05) is 39.4 Å². The number of hydrogen-bond acceptors (Lipinski definition) is 7. The van der Waals surface area contributed by atoms with E-state index < -0.39 is 0 Å². The summed E-state index contributed by atoms with van der Waals surface area (Å²) in [5.74, 6) is -1.31. The summed E-state index contributed by atoms with van der Waals surface area (Å²) in [7, 11) is 0. The van der Waals surface area contributed by atoms with Gasteiger partial charge in [-0.25, -0.2) is 0 Å². The van der Waals surface area contributed by atoms with Crippen molar-refractivity contribution in [1.82, 2.24) is 9.80 Å². The second kappa shape index (κ2) is 21.9. The number of ether oxygens (including phenoxy) is 2. The molecule has 2 fully saturated rings. The van der Waals surface area contributed by atoms with Crippen molar-refractivity contribution in [1.29, 1.82) is 0 Å². The van der Waals surface area contributed by atoms with Gasteiger partial charge in [-0.3, -0.25) is 19.2 Å². The van der Waals surface area contributed by atoms with E-state index in [0.717, 1.165) is 20.1 Å². The Hall–Kier alpha value is -3.29. The highest BCUT2D eigenvalue weighted by molar-refractivity contribution is 9.11. The van der Waals surface area contributed by atoms with Crippen molar-refractivity contribution < 1.29 is 28.7 Å². The molecular weight excluding hydrogens is 1010 g/mol. The highest BCUT2D eigenvalue weighted by Crippen LogP contribution is 2.50. The highest BCUT2D eigenvalue weighted by Gasteiger charge is 2.29. The average Bonchev–Trinajstić information content (AvgIpc) is 3.26. The fourth-order valence-corrected chi connectivity index (χ4v) is 10.5. The first-order chi connectivity index (χ1) is 29.3. The van der Waals surface area contributed by atoms with E-state index in [4.69, 9.17) is 55.9 Å². The molecule has 2 heterocycles. The van der Waals surface area contributed by atoms with Crippen LogP contribution >= 0.6 is 90.0 Å². The van der Waals surface area contributed by atoms with E-state index in [1.807, 2.05) is 60.7 Å². The standard InChI is InChI=1S/C46H42Br2Cl4N2O6S/c1-3-59-45(57)27-17-21-53(22-18-27)39(55)15-13-31-33(29-9-5-7-11-35(29)47)25-37(43(51)41(31)49)61-38-26-34(30-10-6-8-12-36(30)48)32(42(50)44(38)52)14-16-40(56)54-23-19-28(20-24-54)46(58)60-4-2/h5-16,25-28H,3-4,17-24H2,1-2H3/b15-13+,16-14+. The van der Waals surface area contributed by atoms with E-state index in [2.05, 4.69) is 31.9 Å². The van der Waals surface area contributed by atoms with E-state index in [1.165, 1.54) is 23.9 Å². The molecule has 0 aliphatic carbocycles. The first kappa shape index (κ1) is 47.2. The molecule has 2 aliphatic heterocycles.